The summed E-state index contributed by atoms with van der Waals surface area (Å²) in [6.45, 7) is 0. The third-order valence-electron chi connectivity index (χ3n) is 5.57. The molecule has 1 N–H and O–H groups in total. The Kier molecular flexibility index (Phi) is 2.04. The molecule has 0 aromatic carbocycles. The van der Waals surface area contributed by atoms with Gasteiger partial charge < -0.3 is 4.98 Å². The minimum Gasteiger partial charge on any atom is -0.360 e. The lowest BCUT2D eigenvalue weighted by Crippen LogP contribution is -2.40. The van der Waals surface area contributed by atoms with Gasteiger partial charge in [0.25, 0.3) is 11.8 Å². The van der Waals surface area contributed by atoms with E-state index in [-0.39, 0.29) is 35.5 Å². The van der Waals surface area contributed by atoms with Crippen LogP contribution in [-0.2, 0) is 9.59 Å². The lowest BCUT2D eigenvalue weighted by atomic mass is 9.63. The van der Waals surface area contributed by atoms with Crippen molar-refractivity contribution >= 4 is 18.0 Å². The van der Waals surface area contributed by atoms with E-state index in [1.165, 1.54) is 6.42 Å². The zero-order valence-corrected chi connectivity index (χ0v) is 11.3. The number of H-pyrrole nitrogens is 1. The quantitative estimate of drug-likeness (QED) is 0.506. The lowest BCUT2D eigenvalue weighted by Gasteiger charge is -2.37. The molecule has 0 unspecified atom stereocenters. The summed E-state index contributed by atoms with van der Waals surface area (Å²) in [4.78, 5) is 28.2. The van der Waals surface area contributed by atoms with E-state index >= 15 is 0 Å². The van der Waals surface area contributed by atoms with Crippen molar-refractivity contribution in [3.63, 3.8) is 0 Å². The molecule has 21 heavy (non-hydrogen) atoms. The standard InChI is InChI=1S/C16H15N3O2/c20-15-13-9-3-4-10(12-6-11(9)12)14(13)16(21)19(15)18-7-8-2-1-5-17-8/h1-5,7,9-14,17H,6H2/b18-7-/t9-,10-,11-,12-,13-,14+/m0/s1. The minimum atomic E-state index is -0.169. The average Bonchev–Trinajstić information content (AvgIpc) is 3.10. The Bertz CT molecular complexity index is 654. The maximum Gasteiger partial charge on any atom is 0.254 e. The van der Waals surface area contributed by atoms with Crippen LogP contribution in [0.25, 0.3) is 0 Å². The van der Waals surface area contributed by atoms with Gasteiger partial charge in [-0.3, -0.25) is 9.59 Å². The van der Waals surface area contributed by atoms with Gasteiger partial charge in [-0.05, 0) is 42.2 Å². The number of aromatic amines is 1. The fraction of sp³-hybridized carbons (Fsp3) is 0.438. The molecule has 2 bridgehead atoms. The predicted octanol–water partition coefficient (Wildman–Crippen LogP) is 1.40. The Morgan fingerprint density at radius 1 is 1.14 bits per heavy atom. The van der Waals surface area contributed by atoms with E-state index in [1.807, 2.05) is 12.1 Å². The van der Waals surface area contributed by atoms with E-state index < -0.39 is 0 Å². The summed E-state index contributed by atoms with van der Waals surface area (Å²) in [6.07, 6.45) is 8.85. The number of hydrogen-bond donors (Lipinski definition) is 1. The highest BCUT2D eigenvalue weighted by atomic mass is 16.2. The first-order chi connectivity index (χ1) is 10.3. The second-order valence-corrected chi connectivity index (χ2v) is 6.51. The summed E-state index contributed by atoms with van der Waals surface area (Å²) in [5.41, 5.74) is 0.786. The Balaban J connectivity index is 1.48. The van der Waals surface area contributed by atoms with Crippen molar-refractivity contribution in [2.45, 2.75) is 6.42 Å². The fourth-order valence-electron chi connectivity index (χ4n) is 4.60. The van der Waals surface area contributed by atoms with Crippen molar-refractivity contribution in [1.29, 1.82) is 0 Å². The van der Waals surface area contributed by atoms with Gasteiger partial charge in [0.05, 0.1) is 23.7 Å². The number of nitrogens with zero attached hydrogens (tertiary/aromatic N) is 2. The lowest BCUT2D eigenvalue weighted by molar-refractivity contribution is -0.140. The molecule has 0 radical (unpaired) electrons. The number of rotatable bonds is 2. The summed E-state index contributed by atoms with van der Waals surface area (Å²) < 4.78 is 0. The molecular weight excluding hydrogens is 266 g/mol. The Labute approximate surface area is 121 Å². The second-order valence-electron chi connectivity index (χ2n) is 6.51. The van der Waals surface area contributed by atoms with Crippen LogP contribution in [0, 0.1) is 35.5 Å². The monoisotopic (exact) mass is 281 g/mol. The highest BCUT2D eigenvalue weighted by Crippen LogP contribution is 2.65. The van der Waals surface area contributed by atoms with Crippen LogP contribution in [0.15, 0.2) is 35.6 Å². The molecule has 2 amide bonds. The Morgan fingerprint density at radius 3 is 2.38 bits per heavy atom. The third-order valence-corrected chi connectivity index (χ3v) is 5.57. The number of hydrazone groups is 1. The van der Waals surface area contributed by atoms with E-state index in [2.05, 4.69) is 22.2 Å². The van der Waals surface area contributed by atoms with E-state index in [1.54, 1.807) is 12.4 Å². The normalized spacial score (nSPS) is 42.8. The number of allylic oxidation sites excluding steroid dienone is 2. The number of carbonyl (C=O) groups is 2. The third kappa shape index (κ3) is 1.38. The fourth-order valence-corrected chi connectivity index (χ4v) is 4.60. The Hall–Kier alpha value is -2.17. The van der Waals surface area contributed by atoms with Crippen molar-refractivity contribution in [3.05, 3.63) is 36.2 Å². The molecule has 3 fully saturated rings. The van der Waals surface area contributed by atoms with E-state index in [0.29, 0.717) is 11.8 Å². The average molecular weight is 281 g/mol. The maximum absolute atomic E-state index is 12.6. The predicted molar refractivity (Wildman–Crippen MR) is 74.9 cm³/mol. The molecule has 0 spiro atoms. The van der Waals surface area contributed by atoms with Gasteiger partial charge in [-0.15, -0.1) is 0 Å². The van der Waals surface area contributed by atoms with E-state index in [0.717, 1.165) is 10.7 Å². The van der Waals surface area contributed by atoms with Crippen molar-refractivity contribution in [1.82, 2.24) is 9.99 Å². The van der Waals surface area contributed by atoms with Crippen LogP contribution in [0.4, 0.5) is 0 Å². The molecule has 1 aliphatic heterocycles. The van der Waals surface area contributed by atoms with Gasteiger partial charge in [-0.2, -0.15) is 10.1 Å². The van der Waals surface area contributed by atoms with Crippen LogP contribution in [0.5, 0.6) is 0 Å². The topological polar surface area (TPSA) is 65.5 Å². The summed E-state index contributed by atoms with van der Waals surface area (Å²) in [6, 6.07) is 3.70. The molecule has 1 saturated heterocycles. The molecule has 106 valence electrons. The smallest absolute Gasteiger partial charge is 0.254 e. The zero-order chi connectivity index (χ0) is 14.1. The molecule has 1 aromatic heterocycles. The van der Waals surface area contributed by atoms with Crippen LogP contribution in [0.2, 0.25) is 0 Å². The number of carbonyl (C=O) groups excluding carboxylic acids is 2. The van der Waals surface area contributed by atoms with Gasteiger partial charge in [0, 0.05) is 6.20 Å². The summed E-state index contributed by atoms with van der Waals surface area (Å²) in [5, 5.41) is 5.24. The molecule has 6 rings (SSSR count). The second kappa shape index (κ2) is 3.72. The molecule has 6 atom stereocenters. The summed E-state index contributed by atoms with van der Waals surface area (Å²) >= 11 is 0. The van der Waals surface area contributed by atoms with Crippen molar-refractivity contribution in [2.24, 2.45) is 40.6 Å². The molecule has 2 saturated carbocycles. The number of nitrogens with one attached hydrogen (secondary N) is 1. The minimum absolute atomic E-state index is 0.113. The van der Waals surface area contributed by atoms with E-state index in [4.69, 9.17) is 0 Å². The molecule has 2 heterocycles. The van der Waals surface area contributed by atoms with Crippen LogP contribution >= 0.6 is 0 Å². The van der Waals surface area contributed by atoms with Gasteiger partial charge >= 0.3 is 0 Å². The van der Waals surface area contributed by atoms with Crippen LogP contribution in [-0.4, -0.2) is 28.0 Å². The summed E-state index contributed by atoms with van der Waals surface area (Å²) in [7, 11) is 0. The molecule has 5 heteroatoms. The van der Waals surface area contributed by atoms with Gasteiger partial charge in [-0.1, -0.05) is 12.2 Å². The zero-order valence-electron chi connectivity index (χ0n) is 11.3. The summed E-state index contributed by atoms with van der Waals surface area (Å²) in [5.74, 6) is 1.21. The molecule has 5 aliphatic rings. The van der Waals surface area contributed by atoms with Gasteiger partial charge in [0.1, 0.15) is 0 Å². The van der Waals surface area contributed by atoms with Gasteiger partial charge in [0.15, 0.2) is 0 Å². The number of hydrogen-bond acceptors (Lipinski definition) is 3. The van der Waals surface area contributed by atoms with Gasteiger partial charge in [-0.25, -0.2) is 0 Å². The van der Waals surface area contributed by atoms with Gasteiger partial charge in [0.2, 0.25) is 0 Å². The maximum atomic E-state index is 12.6. The highest BCUT2D eigenvalue weighted by molar-refractivity contribution is 6.06. The van der Waals surface area contributed by atoms with Crippen LogP contribution in [0.3, 0.4) is 0 Å². The first kappa shape index (κ1) is 11.5. The molecule has 4 aliphatic carbocycles. The van der Waals surface area contributed by atoms with Crippen molar-refractivity contribution in [3.8, 4) is 0 Å². The van der Waals surface area contributed by atoms with Crippen LogP contribution in [0.1, 0.15) is 12.1 Å². The van der Waals surface area contributed by atoms with Crippen molar-refractivity contribution in [2.75, 3.05) is 0 Å². The number of imide groups is 1. The van der Waals surface area contributed by atoms with E-state index in [9.17, 15) is 9.59 Å². The highest BCUT2D eigenvalue weighted by Gasteiger charge is 2.67. The molecule has 1 aromatic rings. The number of amides is 2. The molecular formula is C16H15N3O2. The van der Waals surface area contributed by atoms with Crippen LogP contribution < -0.4 is 0 Å². The first-order valence-corrected chi connectivity index (χ1v) is 7.49. The Morgan fingerprint density at radius 2 is 1.81 bits per heavy atom. The largest absolute Gasteiger partial charge is 0.360 e. The molecule has 5 nitrogen and oxygen atoms in total. The first-order valence-electron chi connectivity index (χ1n) is 7.49. The number of aromatic nitrogens is 1. The van der Waals surface area contributed by atoms with Crippen molar-refractivity contribution < 1.29 is 9.59 Å². The SMILES string of the molecule is O=C1[C@@H]2[C@H]3C=C[C@@H]([C@@H]4C[C@@H]34)[C@@H]2C(=O)N1/N=C\c1ccc[nH]1.